The number of carbonyl (C=O) groups excluding carboxylic acids is 2. The zero-order chi connectivity index (χ0) is 18.6. The van der Waals surface area contributed by atoms with Crippen LogP contribution >= 0.6 is 11.3 Å². The predicted molar refractivity (Wildman–Crippen MR) is 101 cm³/mol. The van der Waals surface area contributed by atoms with Crippen LogP contribution < -0.4 is 15.4 Å². The topological polar surface area (TPSA) is 80.3 Å². The molecule has 0 saturated heterocycles. The van der Waals surface area contributed by atoms with Crippen molar-refractivity contribution in [2.45, 2.75) is 40.2 Å². The number of hydrogen-bond acceptors (Lipinski definition) is 5. The first-order valence-corrected chi connectivity index (χ1v) is 9.16. The largest absolute Gasteiger partial charge is 0.497 e. The third-order valence-corrected chi connectivity index (χ3v) is 4.62. The molecule has 0 spiro atoms. The van der Waals surface area contributed by atoms with Crippen molar-refractivity contribution in [2.75, 3.05) is 12.4 Å². The highest BCUT2D eigenvalue weighted by Gasteiger charge is 2.25. The lowest BCUT2D eigenvalue weighted by Gasteiger charge is -2.21. The van der Waals surface area contributed by atoms with Gasteiger partial charge in [0.2, 0.25) is 11.8 Å². The van der Waals surface area contributed by atoms with Crippen molar-refractivity contribution in [2.24, 2.45) is 11.8 Å². The second-order valence-electron chi connectivity index (χ2n) is 6.73. The van der Waals surface area contributed by atoms with Gasteiger partial charge in [-0.15, -0.1) is 0 Å². The van der Waals surface area contributed by atoms with E-state index in [1.54, 1.807) is 7.11 Å². The Morgan fingerprint density at radius 2 is 1.96 bits per heavy atom. The first-order valence-electron chi connectivity index (χ1n) is 8.35. The van der Waals surface area contributed by atoms with Crippen molar-refractivity contribution in [3.63, 3.8) is 0 Å². The maximum Gasteiger partial charge on any atom is 0.248 e. The van der Waals surface area contributed by atoms with Crippen molar-refractivity contribution in [1.82, 2.24) is 10.3 Å². The van der Waals surface area contributed by atoms with Crippen LogP contribution in [0, 0.1) is 11.8 Å². The van der Waals surface area contributed by atoms with E-state index in [1.807, 2.05) is 45.9 Å². The Hall–Kier alpha value is -2.15. The van der Waals surface area contributed by atoms with E-state index >= 15 is 0 Å². The highest BCUT2D eigenvalue weighted by Crippen LogP contribution is 2.29. The fourth-order valence-electron chi connectivity index (χ4n) is 2.41. The molecule has 2 N–H and O–H groups in total. The first-order chi connectivity index (χ1) is 11.8. The molecule has 2 rings (SSSR count). The standard InChI is InChI=1S/C18H25N3O3S/c1-10(2)8-15(22)20-16(11(3)4)17(23)21-18-19-13-7-6-12(24-5)9-14(13)25-18/h6-7,9-11,16H,8H2,1-5H3,(H,20,22)(H,19,21,23). The second-order valence-corrected chi connectivity index (χ2v) is 7.76. The minimum Gasteiger partial charge on any atom is -0.497 e. The highest BCUT2D eigenvalue weighted by molar-refractivity contribution is 7.22. The zero-order valence-corrected chi connectivity index (χ0v) is 16.1. The Bertz CT molecular complexity index is 755. The molecule has 1 heterocycles. The Morgan fingerprint density at radius 3 is 2.56 bits per heavy atom. The lowest BCUT2D eigenvalue weighted by atomic mass is 10.0. The van der Waals surface area contributed by atoms with Crippen LogP contribution in [0.1, 0.15) is 34.1 Å². The molecule has 1 atom stereocenters. The number of anilines is 1. The molecule has 7 heteroatoms. The van der Waals surface area contributed by atoms with Gasteiger partial charge in [0.15, 0.2) is 5.13 Å². The quantitative estimate of drug-likeness (QED) is 0.790. The Kier molecular flexibility index (Phi) is 6.36. The molecule has 0 aliphatic carbocycles. The lowest BCUT2D eigenvalue weighted by molar-refractivity contribution is -0.127. The van der Waals surface area contributed by atoms with Gasteiger partial charge in [-0.2, -0.15) is 0 Å². The minimum absolute atomic E-state index is 0.0226. The van der Waals surface area contributed by atoms with Crippen molar-refractivity contribution in [3.05, 3.63) is 18.2 Å². The molecule has 0 aliphatic rings. The van der Waals surface area contributed by atoms with Crippen LogP contribution in [-0.4, -0.2) is 29.9 Å². The number of aromatic nitrogens is 1. The summed E-state index contributed by atoms with van der Waals surface area (Å²) in [5.41, 5.74) is 0.797. The molecule has 136 valence electrons. The van der Waals surface area contributed by atoms with Crippen LogP contribution in [-0.2, 0) is 9.59 Å². The molecular weight excluding hydrogens is 338 g/mol. The lowest BCUT2D eigenvalue weighted by Crippen LogP contribution is -2.47. The van der Waals surface area contributed by atoms with Gasteiger partial charge in [0.05, 0.1) is 17.3 Å². The van der Waals surface area contributed by atoms with E-state index in [-0.39, 0.29) is 23.7 Å². The Balaban J connectivity index is 2.10. The van der Waals surface area contributed by atoms with Crippen LogP contribution in [0.2, 0.25) is 0 Å². The van der Waals surface area contributed by atoms with Crippen molar-refractivity contribution in [1.29, 1.82) is 0 Å². The van der Waals surface area contributed by atoms with Crippen molar-refractivity contribution < 1.29 is 14.3 Å². The number of amides is 2. The second kappa shape index (κ2) is 8.29. The number of carbonyl (C=O) groups is 2. The minimum atomic E-state index is -0.590. The molecule has 0 aliphatic heterocycles. The average molecular weight is 363 g/mol. The highest BCUT2D eigenvalue weighted by atomic mass is 32.1. The first kappa shape index (κ1) is 19.2. The molecule has 2 amide bonds. The molecule has 0 fully saturated rings. The molecule has 2 aromatic rings. The summed E-state index contributed by atoms with van der Waals surface area (Å²) < 4.78 is 6.13. The maximum atomic E-state index is 12.6. The van der Waals surface area contributed by atoms with Gasteiger partial charge in [-0.05, 0) is 30.0 Å². The molecular formula is C18H25N3O3S. The van der Waals surface area contributed by atoms with E-state index in [0.717, 1.165) is 16.0 Å². The van der Waals surface area contributed by atoms with E-state index in [0.29, 0.717) is 11.6 Å². The van der Waals surface area contributed by atoms with Gasteiger partial charge in [-0.25, -0.2) is 4.98 Å². The SMILES string of the molecule is COc1ccc2nc(NC(=O)C(NC(=O)CC(C)C)C(C)C)sc2c1. The van der Waals surface area contributed by atoms with Gasteiger partial charge in [0.1, 0.15) is 11.8 Å². The summed E-state index contributed by atoms with van der Waals surface area (Å²) in [4.78, 5) is 29.0. The summed E-state index contributed by atoms with van der Waals surface area (Å²) in [5, 5.41) is 6.16. The number of thiazole rings is 1. The number of hydrogen-bond donors (Lipinski definition) is 2. The number of rotatable bonds is 7. The van der Waals surface area contributed by atoms with E-state index in [2.05, 4.69) is 15.6 Å². The van der Waals surface area contributed by atoms with Gasteiger partial charge < -0.3 is 15.4 Å². The summed E-state index contributed by atoms with van der Waals surface area (Å²) in [6.45, 7) is 7.76. The number of benzene rings is 1. The third kappa shape index (κ3) is 5.16. The summed E-state index contributed by atoms with van der Waals surface area (Å²) in [5.74, 6) is 0.603. The Morgan fingerprint density at radius 1 is 1.24 bits per heavy atom. The van der Waals surface area contributed by atoms with Crippen LogP contribution in [0.5, 0.6) is 5.75 Å². The molecule has 0 bridgehead atoms. The molecule has 1 aromatic carbocycles. The van der Waals surface area contributed by atoms with Gasteiger partial charge in [-0.1, -0.05) is 39.0 Å². The number of methoxy groups -OCH3 is 1. The molecule has 25 heavy (non-hydrogen) atoms. The van der Waals surface area contributed by atoms with Crippen molar-refractivity contribution >= 4 is 38.5 Å². The third-order valence-electron chi connectivity index (χ3n) is 3.69. The molecule has 1 aromatic heterocycles. The Labute approximate surface area is 152 Å². The van der Waals surface area contributed by atoms with Crippen LogP contribution in [0.4, 0.5) is 5.13 Å². The normalized spacial score (nSPS) is 12.4. The van der Waals surface area contributed by atoms with E-state index in [9.17, 15) is 9.59 Å². The molecule has 1 unspecified atom stereocenters. The predicted octanol–water partition coefficient (Wildman–Crippen LogP) is 3.43. The van der Waals surface area contributed by atoms with Gasteiger partial charge in [-0.3, -0.25) is 9.59 Å². The van der Waals surface area contributed by atoms with Gasteiger partial charge in [0, 0.05) is 6.42 Å². The summed E-state index contributed by atoms with van der Waals surface area (Å²) in [7, 11) is 1.61. The van der Waals surface area contributed by atoms with Gasteiger partial charge in [0.25, 0.3) is 0 Å². The number of fused-ring (bicyclic) bond motifs is 1. The van der Waals surface area contributed by atoms with E-state index in [1.165, 1.54) is 11.3 Å². The van der Waals surface area contributed by atoms with Crippen LogP contribution in [0.3, 0.4) is 0 Å². The van der Waals surface area contributed by atoms with Gasteiger partial charge >= 0.3 is 0 Å². The summed E-state index contributed by atoms with van der Waals surface area (Å²) in [6, 6.07) is 4.97. The molecule has 0 radical (unpaired) electrons. The van der Waals surface area contributed by atoms with E-state index < -0.39 is 6.04 Å². The smallest absolute Gasteiger partial charge is 0.248 e. The van der Waals surface area contributed by atoms with Crippen LogP contribution in [0.15, 0.2) is 18.2 Å². The maximum absolute atomic E-state index is 12.6. The summed E-state index contributed by atoms with van der Waals surface area (Å²) >= 11 is 1.38. The zero-order valence-electron chi connectivity index (χ0n) is 15.3. The fourth-order valence-corrected chi connectivity index (χ4v) is 3.30. The number of ether oxygens (including phenoxy) is 1. The number of nitrogens with zero attached hydrogens (tertiary/aromatic N) is 1. The number of nitrogens with one attached hydrogen (secondary N) is 2. The fraction of sp³-hybridized carbons (Fsp3) is 0.500. The monoisotopic (exact) mass is 363 g/mol. The van der Waals surface area contributed by atoms with Crippen LogP contribution in [0.25, 0.3) is 10.2 Å². The van der Waals surface area contributed by atoms with Crippen molar-refractivity contribution in [3.8, 4) is 5.75 Å². The molecule has 6 nitrogen and oxygen atoms in total. The molecule has 0 saturated carbocycles. The average Bonchev–Trinajstić information content (AvgIpc) is 2.92. The van der Waals surface area contributed by atoms with E-state index in [4.69, 9.17) is 4.74 Å². The summed E-state index contributed by atoms with van der Waals surface area (Å²) in [6.07, 6.45) is 0.400.